The molecule has 0 unspecified atom stereocenters. The van der Waals surface area contributed by atoms with Crippen molar-refractivity contribution in [2.45, 2.75) is 40.0 Å². The maximum Gasteiger partial charge on any atom is 0.524 e. The van der Waals surface area contributed by atoms with Gasteiger partial charge in [-0.1, -0.05) is 61.9 Å². The van der Waals surface area contributed by atoms with Gasteiger partial charge in [-0.05, 0) is 58.7 Å². The van der Waals surface area contributed by atoms with Gasteiger partial charge in [0.2, 0.25) is 0 Å². The average Bonchev–Trinajstić information content (AvgIpc) is 2.73. The molecule has 0 amide bonds. The molecule has 0 heterocycles. The first-order chi connectivity index (χ1) is 14.2. The molecule has 3 aromatic carbocycles. The van der Waals surface area contributed by atoms with Crippen molar-refractivity contribution in [2.75, 3.05) is 0 Å². The summed E-state index contributed by atoms with van der Waals surface area (Å²) < 4.78 is 69.8. The van der Waals surface area contributed by atoms with Crippen LogP contribution in [0.5, 0.6) is 0 Å². The van der Waals surface area contributed by atoms with Crippen molar-refractivity contribution >= 4 is 20.4 Å². The molecule has 8 heteroatoms. The van der Waals surface area contributed by atoms with E-state index in [4.69, 9.17) is 3.63 Å². The second kappa shape index (κ2) is 8.83. The van der Waals surface area contributed by atoms with Gasteiger partial charge >= 0.3 is 15.6 Å². The minimum absolute atomic E-state index is 0.354. The lowest BCUT2D eigenvalue weighted by Crippen LogP contribution is -2.27. The normalized spacial score (nSPS) is 13.2. The van der Waals surface area contributed by atoms with Crippen LogP contribution in [0.25, 0.3) is 0 Å². The molecule has 0 aromatic heterocycles. The van der Waals surface area contributed by atoms with E-state index in [9.17, 15) is 21.6 Å². The molecule has 160 valence electrons. The largest absolute Gasteiger partial charge is 0.524 e. The molecule has 0 N–H and O–H groups in total. The molecule has 0 aliphatic rings. The van der Waals surface area contributed by atoms with Gasteiger partial charge in [-0.2, -0.15) is 25.2 Å². The van der Waals surface area contributed by atoms with Gasteiger partial charge in [-0.3, -0.25) is 0 Å². The highest BCUT2D eigenvalue weighted by Gasteiger charge is 2.52. The van der Waals surface area contributed by atoms with Gasteiger partial charge in [0.25, 0.3) is 0 Å². The van der Waals surface area contributed by atoms with Crippen molar-refractivity contribution in [2.24, 2.45) is 0 Å². The van der Waals surface area contributed by atoms with E-state index in [0.717, 1.165) is 18.4 Å². The number of alkyl halides is 3. The molecule has 0 spiro atoms. The summed E-state index contributed by atoms with van der Waals surface area (Å²) in [4.78, 5) is 1.08. The van der Waals surface area contributed by atoms with Crippen LogP contribution in [-0.2, 0) is 20.2 Å². The third kappa shape index (κ3) is 4.40. The molecule has 0 saturated heterocycles. The Labute approximate surface area is 176 Å². The second-order valence-corrected chi connectivity index (χ2v) is 11.0. The van der Waals surface area contributed by atoms with Crippen LogP contribution in [0.1, 0.15) is 18.9 Å². The molecule has 3 aromatic rings. The topological polar surface area (TPSA) is 43.4 Å². The van der Waals surface area contributed by atoms with Crippen molar-refractivity contribution in [3.05, 3.63) is 90.5 Å². The molecule has 0 aliphatic heterocycles. The van der Waals surface area contributed by atoms with Gasteiger partial charge in [-0.15, -0.1) is 0 Å². The molecular weight excluding hydrogens is 433 g/mol. The van der Waals surface area contributed by atoms with Crippen LogP contribution in [0.2, 0.25) is 0 Å². The van der Waals surface area contributed by atoms with Crippen LogP contribution < -0.4 is 0 Å². The summed E-state index contributed by atoms with van der Waals surface area (Å²) in [5.41, 5.74) is -4.54. The zero-order valence-electron chi connectivity index (χ0n) is 16.2. The quantitative estimate of drug-likeness (QED) is 0.373. The minimum Gasteiger partial charge on any atom is -0.200 e. The molecule has 30 heavy (non-hydrogen) atoms. The van der Waals surface area contributed by atoms with Crippen molar-refractivity contribution in [3.63, 3.8) is 0 Å². The number of benzene rings is 3. The summed E-state index contributed by atoms with van der Waals surface area (Å²) in [6.07, 6.45) is 1.72. The Balaban J connectivity index is 2.32. The van der Waals surface area contributed by atoms with Crippen LogP contribution in [0.4, 0.5) is 13.2 Å². The SMILES string of the molecule is CCCc1ccc(S(OS(=O)(=O)C(F)(F)F)(c2ccccc2)c2ccccc2)cc1. The fourth-order valence-electron chi connectivity index (χ4n) is 3.06. The monoisotopic (exact) mass is 454 g/mol. The molecule has 0 saturated carbocycles. The zero-order chi connectivity index (χ0) is 21.8. The van der Waals surface area contributed by atoms with Crippen molar-refractivity contribution < 1.29 is 25.2 Å². The van der Waals surface area contributed by atoms with Crippen molar-refractivity contribution in [3.8, 4) is 0 Å². The minimum atomic E-state index is -5.88. The number of aryl methyl sites for hydroxylation is 1. The molecule has 0 atom stereocenters. The maximum atomic E-state index is 13.4. The zero-order valence-corrected chi connectivity index (χ0v) is 17.8. The summed E-state index contributed by atoms with van der Waals surface area (Å²) in [5.74, 6) is 0. The highest BCUT2D eigenvalue weighted by Crippen LogP contribution is 2.70. The molecule has 0 radical (unpaired) electrons. The molecule has 0 aliphatic carbocycles. The highest BCUT2D eigenvalue weighted by molar-refractivity contribution is 8.33. The summed E-state index contributed by atoms with van der Waals surface area (Å²) in [6, 6.07) is 23.3. The van der Waals surface area contributed by atoms with Gasteiger partial charge in [-0.25, -0.2) is 0 Å². The van der Waals surface area contributed by atoms with Gasteiger partial charge in [0.05, 0.1) is 0 Å². The standard InChI is InChI=1S/C22H21F3O3S2/c1-2-9-18-14-16-21(17-15-18)29(19-10-5-3-6-11-19,20-12-7-4-8-13-20)28-30(26,27)22(23,24)25/h3-8,10-17H,2,9H2,1H3. The first-order valence-electron chi connectivity index (χ1n) is 9.25. The van der Waals surface area contributed by atoms with Crippen molar-refractivity contribution in [1.82, 2.24) is 0 Å². The second-order valence-electron chi connectivity index (χ2n) is 6.54. The number of hydrogen-bond donors (Lipinski definition) is 0. The Morgan fingerprint density at radius 3 is 1.57 bits per heavy atom. The van der Waals surface area contributed by atoms with Crippen molar-refractivity contribution in [1.29, 1.82) is 0 Å². The Kier molecular flexibility index (Phi) is 6.59. The fraction of sp³-hybridized carbons (Fsp3) is 0.182. The van der Waals surface area contributed by atoms with Crippen LogP contribution >= 0.6 is 10.3 Å². The molecule has 0 fully saturated rings. The smallest absolute Gasteiger partial charge is 0.200 e. The summed E-state index contributed by atoms with van der Waals surface area (Å²) >= 11 is 0. The third-order valence-electron chi connectivity index (χ3n) is 4.42. The average molecular weight is 455 g/mol. The Morgan fingerprint density at radius 2 is 1.17 bits per heavy atom. The summed E-state index contributed by atoms with van der Waals surface area (Å²) in [7, 11) is -9.10. The Morgan fingerprint density at radius 1 is 0.733 bits per heavy atom. The van der Waals surface area contributed by atoms with Crippen LogP contribution in [0.15, 0.2) is 99.6 Å². The summed E-state index contributed by atoms with van der Waals surface area (Å²) in [5, 5.41) is 0. The van der Waals surface area contributed by atoms with E-state index >= 15 is 0 Å². The van der Waals surface area contributed by atoms with Gasteiger partial charge in [0, 0.05) is 14.7 Å². The molecule has 3 rings (SSSR count). The van der Waals surface area contributed by atoms with E-state index < -0.39 is 25.9 Å². The van der Waals surface area contributed by atoms with Crippen LogP contribution in [0, 0.1) is 0 Å². The first-order valence-corrected chi connectivity index (χ1v) is 12.2. The lowest BCUT2D eigenvalue weighted by atomic mass is 10.1. The molecule has 0 bridgehead atoms. The van der Waals surface area contributed by atoms with E-state index in [1.54, 1.807) is 84.9 Å². The van der Waals surface area contributed by atoms with E-state index in [2.05, 4.69) is 0 Å². The Hall–Kier alpha value is -2.29. The fourth-order valence-corrected chi connectivity index (χ4v) is 7.80. The third-order valence-corrected chi connectivity index (χ3v) is 9.33. The summed E-state index contributed by atoms with van der Waals surface area (Å²) in [6.45, 7) is 2.02. The number of halogens is 3. The number of hydrogen-bond acceptors (Lipinski definition) is 3. The lowest BCUT2D eigenvalue weighted by molar-refractivity contribution is -0.0496. The van der Waals surface area contributed by atoms with E-state index in [-0.39, 0.29) is 0 Å². The molecular formula is C22H21F3O3S2. The van der Waals surface area contributed by atoms with Gasteiger partial charge < -0.3 is 0 Å². The maximum absolute atomic E-state index is 13.4. The van der Waals surface area contributed by atoms with Crippen LogP contribution in [-0.4, -0.2) is 13.9 Å². The van der Waals surface area contributed by atoms with Gasteiger partial charge in [0.1, 0.15) is 0 Å². The first kappa shape index (κ1) is 22.4. The lowest BCUT2D eigenvalue weighted by Gasteiger charge is -2.39. The van der Waals surface area contributed by atoms with E-state index in [0.29, 0.717) is 14.7 Å². The Bertz CT molecular complexity index is 1030. The molecule has 3 nitrogen and oxygen atoms in total. The van der Waals surface area contributed by atoms with E-state index in [1.165, 1.54) is 0 Å². The van der Waals surface area contributed by atoms with Crippen LogP contribution in [0.3, 0.4) is 0 Å². The predicted octanol–water partition coefficient (Wildman–Crippen LogP) is 6.70. The highest BCUT2D eigenvalue weighted by atomic mass is 32.3. The predicted molar refractivity (Wildman–Crippen MR) is 112 cm³/mol. The van der Waals surface area contributed by atoms with Gasteiger partial charge in [0.15, 0.2) is 0 Å². The number of rotatable bonds is 7. The van der Waals surface area contributed by atoms with E-state index in [1.807, 2.05) is 6.92 Å².